The van der Waals surface area contributed by atoms with Crippen molar-refractivity contribution in [3.8, 4) is 0 Å². The van der Waals surface area contributed by atoms with Crippen LogP contribution in [0.3, 0.4) is 0 Å². The second-order valence-corrected chi connectivity index (χ2v) is 9.33. The van der Waals surface area contributed by atoms with Crippen molar-refractivity contribution >= 4 is 48.0 Å². The molecule has 3 heterocycles. The molecule has 1 aliphatic rings. The van der Waals surface area contributed by atoms with Crippen LogP contribution in [0, 0.1) is 0 Å². The molecule has 1 fully saturated rings. The van der Waals surface area contributed by atoms with Crippen molar-refractivity contribution in [3.05, 3.63) is 102 Å². The van der Waals surface area contributed by atoms with Crippen LogP contribution >= 0.6 is 24.8 Å². The molecule has 2 aromatic carbocycles. The number of nitrogens with two attached hydrogens (primary N) is 1. The number of para-hydroxylation sites is 1. The first kappa shape index (κ1) is 29.2. The molecule has 0 unspecified atom stereocenters. The average Bonchev–Trinajstić information content (AvgIpc) is 3.57. The van der Waals surface area contributed by atoms with Crippen LogP contribution in [-0.2, 0) is 22.4 Å². The lowest BCUT2D eigenvalue weighted by Gasteiger charge is -2.39. The molecule has 0 radical (unpaired) electrons. The van der Waals surface area contributed by atoms with Crippen molar-refractivity contribution in [1.29, 1.82) is 0 Å². The van der Waals surface area contributed by atoms with Crippen LogP contribution in [-0.4, -0.2) is 50.8 Å². The SMILES string of the molecule is Cl.Cl.N[C@@H](Cc1c[nH]c2ccccc12)C(=O)N1CCC[C@H]1N(C=O)[C@@H](Cc1ccccn1)c1ccccc1. The minimum Gasteiger partial charge on any atom is -0.361 e. The number of aromatic amines is 1. The Morgan fingerprint density at radius 1 is 1.05 bits per heavy atom. The van der Waals surface area contributed by atoms with E-state index in [-0.39, 0.29) is 42.9 Å². The van der Waals surface area contributed by atoms with E-state index >= 15 is 0 Å². The number of rotatable bonds is 9. The maximum absolute atomic E-state index is 13.6. The Hall–Kier alpha value is -3.39. The van der Waals surface area contributed by atoms with Crippen molar-refractivity contribution in [3.63, 3.8) is 0 Å². The zero-order chi connectivity index (χ0) is 24.9. The summed E-state index contributed by atoms with van der Waals surface area (Å²) in [5, 5.41) is 1.08. The Kier molecular flexibility index (Phi) is 10.3. The van der Waals surface area contributed by atoms with Gasteiger partial charge >= 0.3 is 0 Å². The third kappa shape index (κ3) is 6.18. The number of hydrogen-bond acceptors (Lipinski definition) is 4. The van der Waals surface area contributed by atoms with E-state index in [2.05, 4.69) is 9.97 Å². The highest BCUT2D eigenvalue weighted by Gasteiger charge is 2.38. The lowest BCUT2D eigenvalue weighted by molar-refractivity contribution is -0.141. The van der Waals surface area contributed by atoms with Crippen LogP contribution in [0.1, 0.15) is 35.7 Å². The summed E-state index contributed by atoms with van der Waals surface area (Å²) in [5.74, 6) is -0.126. The van der Waals surface area contributed by atoms with Gasteiger partial charge in [-0.25, -0.2) is 0 Å². The Labute approximate surface area is 235 Å². The number of benzene rings is 2. The minimum atomic E-state index is -0.690. The molecule has 2 amide bonds. The van der Waals surface area contributed by atoms with Crippen LogP contribution < -0.4 is 5.73 Å². The van der Waals surface area contributed by atoms with E-state index in [0.717, 1.165) is 47.0 Å². The van der Waals surface area contributed by atoms with Crippen molar-refractivity contribution in [2.24, 2.45) is 5.73 Å². The van der Waals surface area contributed by atoms with Gasteiger partial charge in [-0.3, -0.25) is 14.6 Å². The summed E-state index contributed by atoms with van der Waals surface area (Å²) < 4.78 is 0. The number of nitrogens with one attached hydrogen (secondary N) is 1. The van der Waals surface area contributed by atoms with Crippen LogP contribution in [0.4, 0.5) is 0 Å². The largest absolute Gasteiger partial charge is 0.361 e. The van der Waals surface area contributed by atoms with Gasteiger partial charge in [0.15, 0.2) is 0 Å². The van der Waals surface area contributed by atoms with Crippen molar-refractivity contribution in [2.45, 2.75) is 43.9 Å². The number of amides is 2. The molecule has 3 N–H and O–H groups in total. The molecule has 4 aromatic rings. The number of nitrogens with zero attached hydrogens (tertiary/aromatic N) is 3. The van der Waals surface area contributed by atoms with Crippen LogP contribution in [0.15, 0.2) is 85.2 Å². The van der Waals surface area contributed by atoms with Gasteiger partial charge in [0.1, 0.15) is 6.17 Å². The summed E-state index contributed by atoms with van der Waals surface area (Å²) >= 11 is 0. The lowest BCUT2D eigenvalue weighted by Crippen LogP contribution is -2.53. The molecule has 38 heavy (non-hydrogen) atoms. The standard InChI is InChI=1S/C29H31N5O2.2ClH/c30-25(17-22-19-32-26-13-5-4-12-24(22)26)29(36)33-16-8-14-28(33)34(20-35)27(21-9-2-1-3-10-21)18-23-11-6-7-15-31-23;;/h1-7,9-13,15,19-20,25,27-28,32H,8,14,16-18,30H2;2*1H/t25-,27-,28+;;/m0../s1. The Bertz CT molecular complexity index is 1320. The summed E-state index contributed by atoms with van der Waals surface area (Å²) in [6.45, 7) is 0.584. The van der Waals surface area contributed by atoms with Gasteiger partial charge in [-0.05, 0) is 48.6 Å². The molecule has 1 saturated heterocycles. The van der Waals surface area contributed by atoms with Gasteiger partial charge in [-0.2, -0.15) is 0 Å². The first-order valence-electron chi connectivity index (χ1n) is 12.4. The highest BCUT2D eigenvalue weighted by molar-refractivity contribution is 5.86. The molecule has 0 spiro atoms. The zero-order valence-electron chi connectivity index (χ0n) is 21.0. The smallest absolute Gasteiger partial charge is 0.241 e. The van der Waals surface area contributed by atoms with Gasteiger partial charge in [0, 0.05) is 42.0 Å². The molecule has 3 atom stereocenters. The van der Waals surface area contributed by atoms with E-state index in [1.54, 1.807) is 16.0 Å². The molecule has 200 valence electrons. The van der Waals surface area contributed by atoms with E-state index in [1.807, 2.05) is 79.0 Å². The second kappa shape index (κ2) is 13.4. The Morgan fingerprint density at radius 3 is 2.53 bits per heavy atom. The summed E-state index contributed by atoms with van der Waals surface area (Å²) in [7, 11) is 0. The molecular weight excluding hydrogens is 521 g/mol. The number of H-pyrrole nitrogens is 1. The fourth-order valence-electron chi connectivity index (χ4n) is 5.29. The highest BCUT2D eigenvalue weighted by atomic mass is 35.5. The maximum Gasteiger partial charge on any atom is 0.241 e. The molecule has 9 heteroatoms. The maximum atomic E-state index is 13.6. The van der Waals surface area contributed by atoms with E-state index in [9.17, 15) is 9.59 Å². The normalized spacial score (nSPS) is 16.2. The van der Waals surface area contributed by atoms with Gasteiger partial charge in [0.2, 0.25) is 12.3 Å². The van der Waals surface area contributed by atoms with Crippen LogP contribution in [0.25, 0.3) is 10.9 Å². The first-order chi connectivity index (χ1) is 17.7. The monoisotopic (exact) mass is 553 g/mol. The summed E-state index contributed by atoms with van der Waals surface area (Å²) in [5.41, 5.74) is 10.4. The number of carbonyl (C=O) groups is 2. The predicted molar refractivity (Wildman–Crippen MR) is 154 cm³/mol. The van der Waals surface area contributed by atoms with E-state index in [0.29, 0.717) is 19.4 Å². The highest BCUT2D eigenvalue weighted by Crippen LogP contribution is 2.31. The number of pyridine rings is 1. The third-order valence-electron chi connectivity index (χ3n) is 7.07. The second-order valence-electron chi connectivity index (χ2n) is 9.33. The minimum absolute atomic E-state index is 0. The number of aromatic nitrogens is 2. The van der Waals surface area contributed by atoms with E-state index < -0.39 is 6.04 Å². The first-order valence-corrected chi connectivity index (χ1v) is 12.4. The molecule has 0 bridgehead atoms. The zero-order valence-corrected chi connectivity index (χ0v) is 22.6. The lowest BCUT2D eigenvalue weighted by atomic mass is 9.99. The molecular formula is C29H33Cl2N5O2. The number of carbonyl (C=O) groups excluding carboxylic acids is 2. The number of fused-ring (bicyclic) bond motifs is 1. The summed E-state index contributed by atoms with van der Waals surface area (Å²) in [6.07, 6.45) is 6.75. The van der Waals surface area contributed by atoms with Gasteiger partial charge in [0.05, 0.1) is 12.1 Å². The van der Waals surface area contributed by atoms with Crippen LogP contribution in [0.2, 0.25) is 0 Å². The molecule has 1 aliphatic heterocycles. The van der Waals surface area contributed by atoms with Crippen molar-refractivity contribution < 1.29 is 9.59 Å². The number of hydrogen-bond donors (Lipinski definition) is 2. The topological polar surface area (TPSA) is 95.3 Å². The van der Waals surface area contributed by atoms with Crippen LogP contribution in [0.5, 0.6) is 0 Å². The van der Waals surface area contributed by atoms with Crippen molar-refractivity contribution in [2.75, 3.05) is 6.54 Å². The number of likely N-dealkylation sites (tertiary alicyclic amines) is 1. The van der Waals surface area contributed by atoms with Gasteiger partial charge in [-0.1, -0.05) is 54.6 Å². The molecule has 7 nitrogen and oxygen atoms in total. The van der Waals surface area contributed by atoms with Gasteiger partial charge < -0.3 is 20.5 Å². The summed E-state index contributed by atoms with van der Waals surface area (Å²) in [4.78, 5) is 37.5. The molecule has 0 saturated carbocycles. The Morgan fingerprint density at radius 2 is 1.79 bits per heavy atom. The quantitative estimate of drug-likeness (QED) is 0.294. The predicted octanol–water partition coefficient (Wildman–Crippen LogP) is 4.67. The fraction of sp³-hybridized carbons (Fsp3) is 0.276. The third-order valence-corrected chi connectivity index (χ3v) is 7.07. The summed E-state index contributed by atoms with van der Waals surface area (Å²) in [6, 6.07) is 22.8. The van der Waals surface area contributed by atoms with E-state index in [4.69, 9.17) is 5.73 Å². The average molecular weight is 555 g/mol. The number of halogens is 2. The Balaban J connectivity index is 0.00000200. The van der Waals surface area contributed by atoms with Gasteiger partial charge in [-0.15, -0.1) is 24.8 Å². The van der Waals surface area contributed by atoms with Gasteiger partial charge in [0.25, 0.3) is 0 Å². The van der Waals surface area contributed by atoms with Crippen molar-refractivity contribution in [1.82, 2.24) is 19.8 Å². The molecule has 5 rings (SSSR count). The molecule has 2 aromatic heterocycles. The fourth-order valence-corrected chi connectivity index (χ4v) is 5.29. The molecule has 0 aliphatic carbocycles. The van der Waals surface area contributed by atoms with E-state index in [1.165, 1.54) is 0 Å².